The fourth-order valence-corrected chi connectivity index (χ4v) is 2.25. The quantitative estimate of drug-likeness (QED) is 0.794. The van der Waals surface area contributed by atoms with Crippen molar-refractivity contribution in [2.24, 2.45) is 5.92 Å². The minimum absolute atomic E-state index is 0.168. The summed E-state index contributed by atoms with van der Waals surface area (Å²) in [5.41, 5.74) is 0. The molecule has 1 atom stereocenters. The summed E-state index contributed by atoms with van der Waals surface area (Å²) in [5.74, 6) is 0.254. The van der Waals surface area contributed by atoms with Crippen molar-refractivity contribution in [1.29, 1.82) is 0 Å². The molecule has 1 aliphatic rings. The summed E-state index contributed by atoms with van der Waals surface area (Å²) in [6, 6.07) is 0. The van der Waals surface area contributed by atoms with Gasteiger partial charge in [0.2, 0.25) is 5.13 Å². The van der Waals surface area contributed by atoms with Crippen molar-refractivity contribution in [3.63, 3.8) is 0 Å². The van der Waals surface area contributed by atoms with Crippen LogP contribution in [0, 0.1) is 5.92 Å². The van der Waals surface area contributed by atoms with Crippen LogP contribution in [0.15, 0.2) is 0 Å². The van der Waals surface area contributed by atoms with Crippen molar-refractivity contribution >= 4 is 22.4 Å². The number of nitrogens with zero attached hydrogens (tertiary/aromatic N) is 2. The molecule has 5 nitrogen and oxygen atoms in total. The Bertz CT molecular complexity index is 376. The molecule has 0 radical (unpaired) electrons. The maximum atomic E-state index is 11.2. The number of rotatable bonds is 5. The smallest absolute Gasteiger partial charge is 0.310 e. The Morgan fingerprint density at radius 1 is 1.62 bits per heavy atom. The molecule has 1 aromatic heterocycles. The Morgan fingerprint density at radius 2 is 2.38 bits per heavy atom. The van der Waals surface area contributed by atoms with E-state index in [9.17, 15) is 4.79 Å². The van der Waals surface area contributed by atoms with Gasteiger partial charge in [0.15, 0.2) is 0 Å². The molecule has 1 aromatic rings. The molecular weight excluding hydrogens is 226 g/mol. The number of hydrogen-bond acceptors (Lipinski definition) is 6. The maximum Gasteiger partial charge on any atom is 0.310 e. The summed E-state index contributed by atoms with van der Waals surface area (Å²) < 4.78 is 4.64. The minimum atomic E-state index is -0.209. The van der Waals surface area contributed by atoms with Gasteiger partial charge in [-0.1, -0.05) is 18.3 Å². The number of ether oxygens (including phenoxy) is 1. The summed E-state index contributed by atoms with van der Waals surface area (Å²) in [6.07, 6.45) is 2.46. The summed E-state index contributed by atoms with van der Waals surface area (Å²) in [7, 11) is 1.40. The summed E-state index contributed by atoms with van der Waals surface area (Å²) in [6.45, 7) is 2.35. The molecule has 1 heterocycles. The molecule has 2 rings (SSSR count). The zero-order chi connectivity index (χ0) is 11.5. The predicted molar refractivity (Wildman–Crippen MR) is 61.6 cm³/mol. The first-order valence-corrected chi connectivity index (χ1v) is 6.17. The predicted octanol–water partition coefficient (Wildman–Crippen LogP) is 1.64. The molecule has 1 N–H and O–H groups in total. The van der Waals surface area contributed by atoms with Gasteiger partial charge in [-0.3, -0.25) is 4.79 Å². The number of aromatic nitrogens is 2. The van der Waals surface area contributed by atoms with Gasteiger partial charge in [-0.25, -0.2) is 0 Å². The topological polar surface area (TPSA) is 64.1 Å². The van der Waals surface area contributed by atoms with Crippen LogP contribution in [0.2, 0.25) is 0 Å². The second-order valence-electron chi connectivity index (χ2n) is 4.02. The molecule has 1 saturated carbocycles. The number of nitrogens with one attached hydrogen (secondary N) is 1. The van der Waals surface area contributed by atoms with E-state index in [1.807, 2.05) is 6.92 Å². The molecular formula is C10H15N3O2S. The number of anilines is 1. The van der Waals surface area contributed by atoms with Gasteiger partial charge in [0.1, 0.15) is 5.01 Å². The Morgan fingerprint density at radius 3 is 3.00 bits per heavy atom. The van der Waals surface area contributed by atoms with Gasteiger partial charge in [-0.05, 0) is 12.8 Å². The third kappa shape index (κ3) is 2.69. The monoisotopic (exact) mass is 241 g/mol. The van der Waals surface area contributed by atoms with Crippen LogP contribution in [-0.2, 0) is 9.53 Å². The van der Waals surface area contributed by atoms with Crippen molar-refractivity contribution in [3.05, 3.63) is 5.01 Å². The van der Waals surface area contributed by atoms with E-state index in [-0.39, 0.29) is 11.9 Å². The van der Waals surface area contributed by atoms with E-state index in [4.69, 9.17) is 0 Å². The highest BCUT2D eigenvalue weighted by Gasteiger charge is 2.27. The third-order valence-electron chi connectivity index (χ3n) is 2.53. The van der Waals surface area contributed by atoms with Gasteiger partial charge in [0.25, 0.3) is 0 Å². The molecule has 0 saturated heterocycles. The Kier molecular flexibility index (Phi) is 3.38. The second kappa shape index (κ2) is 4.78. The highest BCUT2D eigenvalue weighted by atomic mass is 32.1. The molecule has 0 spiro atoms. The van der Waals surface area contributed by atoms with E-state index in [2.05, 4.69) is 20.3 Å². The standard InChI is InChI=1S/C10H15N3O2S/c1-6(9(14)15-2)5-11-10-13-12-8(16-10)7-3-4-7/h6-7H,3-5H2,1-2H3,(H,11,13). The van der Waals surface area contributed by atoms with Gasteiger partial charge in [-0.15, -0.1) is 10.2 Å². The van der Waals surface area contributed by atoms with Crippen LogP contribution in [0.5, 0.6) is 0 Å². The largest absolute Gasteiger partial charge is 0.469 e. The molecule has 0 amide bonds. The van der Waals surface area contributed by atoms with Crippen LogP contribution in [0.3, 0.4) is 0 Å². The van der Waals surface area contributed by atoms with Crippen LogP contribution in [0.4, 0.5) is 5.13 Å². The first kappa shape index (κ1) is 11.3. The summed E-state index contributed by atoms with van der Waals surface area (Å²) in [4.78, 5) is 11.2. The fourth-order valence-electron chi connectivity index (χ4n) is 1.33. The van der Waals surface area contributed by atoms with E-state index >= 15 is 0 Å². The first-order valence-electron chi connectivity index (χ1n) is 5.35. The molecule has 0 aliphatic heterocycles. The molecule has 16 heavy (non-hydrogen) atoms. The van der Waals surface area contributed by atoms with Gasteiger partial charge in [-0.2, -0.15) is 0 Å². The molecule has 1 fully saturated rings. The van der Waals surface area contributed by atoms with Crippen LogP contribution in [0.25, 0.3) is 0 Å². The number of hydrogen-bond donors (Lipinski definition) is 1. The van der Waals surface area contributed by atoms with Crippen molar-refractivity contribution in [2.75, 3.05) is 19.0 Å². The minimum Gasteiger partial charge on any atom is -0.469 e. The summed E-state index contributed by atoms with van der Waals surface area (Å²) >= 11 is 1.58. The maximum absolute atomic E-state index is 11.2. The van der Waals surface area contributed by atoms with E-state index in [1.54, 1.807) is 11.3 Å². The van der Waals surface area contributed by atoms with Crippen molar-refractivity contribution in [3.8, 4) is 0 Å². The molecule has 0 bridgehead atoms. The normalized spacial score (nSPS) is 16.9. The van der Waals surface area contributed by atoms with E-state index in [0.717, 1.165) is 10.1 Å². The number of carbonyl (C=O) groups is 1. The zero-order valence-corrected chi connectivity index (χ0v) is 10.2. The first-order chi connectivity index (χ1) is 7.70. The number of methoxy groups -OCH3 is 1. The zero-order valence-electron chi connectivity index (χ0n) is 9.40. The average molecular weight is 241 g/mol. The molecule has 88 valence electrons. The fraction of sp³-hybridized carbons (Fsp3) is 0.700. The van der Waals surface area contributed by atoms with E-state index in [0.29, 0.717) is 12.5 Å². The van der Waals surface area contributed by atoms with Crippen molar-refractivity contribution < 1.29 is 9.53 Å². The lowest BCUT2D eigenvalue weighted by Gasteiger charge is -2.08. The van der Waals surface area contributed by atoms with Gasteiger partial charge in [0, 0.05) is 12.5 Å². The van der Waals surface area contributed by atoms with Crippen molar-refractivity contribution in [2.45, 2.75) is 25.7 Å². The Hall–Kier alpha value is -1.17. The Balaban J connectivity index is 1.82. The van der Waals surface area contributed by atoms with Crippen molar-refractivity contribution in [1.82, 2.24) is 10.2 Å². The van der Waals surface area contributed by atoms with E-state index in [1.165, 1.54) is 20.0 Å². The highest BCUT2D eigenvalue weighted by molar-refractivity contribution is 7.15. The van der Waals surface area contributed by atoms with Crippen LogP contribution >= 0.6 is 11.3 Å². The Labute approximate surface area is 98.2 Å². The van der Waals surface area contributed by atoms with Gasteiger partial charge in [0.05, 0.1) is 13.0 Å². The van der Waals surface area contributed by atoms with Gasteiger partial charge >= 0.3 is 5.97 Å². The van der Waals surface area contributed by atoms with Crippen LogP contribution in [0.1, 0.15) is 30.7 Å². The SMILES string of the molecule is COC(=O)C(C)CNc1nnc(C2CC2)s1. The van der Waals surface area contributed by atoms with Crippen LogP contribution < -0.4 is 5.32 Å². The molecule has 6 heteroatoms. The lowest BCUT2D eigenvalue weighted by molar-refractivity contribution is -0.144. The lowest BCUT2D eigenvalue weighted by Crippen LogP contribution is -2.21. The lowest BCUT2D eigenvalue weighted by atomic mass is 10.2. The molecule has 0 aromatic carbocycles. The third-order valence-corrected chi connectivity index (χ3v) is 3.57. The second-order valence-corrected chi connectivity index (χ2v) is 5.03. The summed E-state index contributed by atoms with van der Waals surface area (Å²) in [5, 5.41) is 13.2. The average Bonchev–Trinajstić information content (AvgIpc) is 3.05. The van der Waals surface area contributed by atoms with Gasteiger partial charge < -0.3 is 10.1 Å². The molecule has 1 unspecified atom stereocenters. The van der Waals surface area contributed by atoms with Crippen LogP contribution in [-0.4, -0.2) is 29.8 Å². The van der Waals surface area contributed by atoms with E-state index < -0.39 is 0 Å². The molecule has 1 aliphatic carbocycles. The number of carbonyl (C=O) groups excluding carboxylic acids is 1. The number of esters is 1. The highest BCUT2D eigenvalue weighted by Crippen LogP contribution is 2.41.